The Balaban J connectivity index is 1.51. The lowest BCUT2D eigenvalue weighted by molar-refractivity contribution is -0.384. The minimum Gasteiger partial charge on any atom is -0.258 e. The number of fused-ring (bicyclic) bond motifs is 7. The molecule has 0 amide bonds. The van der Waals surface area contributed by atoms with Gasteiger partial charge >= 0.3 is 0 Å². The first kappa shape index (κ1) is 21.3. The van der Waals surface area contributed by atoms with E-state index in [1.54, 1.807) is 12.1 Å². The third-order valence-electron chi connectivity index (χ3n) is 7.37. The normalized spacial score (nSPS) is 11.5. The number of nitro groups is 1. The smallest absolute Gasteiger partial charge is 0.258 e. The molecule has 174 valence electrons. The third-order valence-corrected chi connectivity index (χ3v) is 7.37. The number of hydrogen-bond donors (Lipinski definition) is 0. The van der Waals surface area contributed by atoms with Gasteiger partial charge in [0, 0.05) is 6.07 Å². The zero-order chi connectivity index (χ0) is 24.9. The Morgan fingerprint density at radius 2 is 0.865 bits per heavy atom. The van der Waals surface area contributed by atoms with E-state index in [1.165, 1.54) is 32.3 Å². The summed E-state index contributed by atoms with van der Waals surface area (Å²) in [7, 11) is 0. The van der Waals surface area contributed by atoms with Gasteiger partial charge in [0.1, 0.15) is 0 Å². The highest BCUT2D eigenvalue weighted by atomic mass is 16.6. The Morgan fingerprint density at radius 3 is 1.49 bits per heavy atom. The van der Waals surface area contributed by atoms with Crippen LogP contribution in [0.5, 0.6) is 0 Å². The molecule has 0 aliphatic rings. The minimum absolute atomic E-state index is 0.115. The van der Waals surface area contributed by atoms with E-state index in [0.717, 1.165) is 27.5 Å². The first-order valence-electron chi connectivity index (χ1n) is 12.3. The second-order valence-corrected chi connectivity index (χ2v) is 9.33. The Kier molecular flexibility index (Phi) is 4.76. The Labute approximate surface area is 213 Å². The molecule has 37 heavy (non-hydrogen) atoms. The largest absolute Gasteiger partial charge is 0.277 e. The highest BCUT2D eigenvalue weighted by Gasteiger charge is 2.18. The van der Waals surface area contributed by atoms with Gasteiger partial charge in [0.15, 0.2) is 0 Å². The van der Waals surface area contributed by atoms with Gasteiger partial charge < -0.3 is 0 Å². The Bertz CT molecular complexity index is 1990. The van der Waals surface area contributed by atoms with Crippen LogP contribution < -0.4 is 0 Å². The van der Waals surface area contributed by atoms with Crippen molar-refractivity contribution in [3.05, 3.63) is 138 Å². The molecule has 0 heterocycles. The summed E-state index contributed by atoms with van der Waals surface area (Å²) in [6.45, 7) is 0. The van der Waals surface area contributed by atoms with Crippen LogP contribution in [0.1, 0.15) is 0 Å². The molecule has 0 bridgehead atoms. The summed E-state index contributed by atoms with van der Waals surface area (Å²) in [5.41, 5.74) is 3.84. The standard InChI is InChI=1S/C34H21NO2/c36-35(37)34-16-8-7-15-32(34)30-20-19-23(24-9-1-2-10-25(24)30)22-17-18-31-28-13-4-3-11-26(28)27-12-5-6-14-29(27)33(31)21-22/h1-21H. The fourth-order valence-electron chi connectivity index (χ4n) is 5.72. The molecule has 0 spiro atoms. The van der Waals surface area contributed by atoms with E-state index in [-0.39, 0.29) is 10.6 Å². The van der Waals surface area contributed by atoms with Gasteiger partial charge in [0.05, 0.1) is 10.5 Å². The van der Waals surface area contributed by atoms with Crippen molar-refractivity contribution in [1.29, 1.82) is 0 Å². The molecule has 0 aromatic heterocycles. The lowest BCUT2D eigenvalue weighted by Crippen LogP contribution is -1.93. The van der Waals surface area contributed by atoms with Gasteiger partial charge in [-0.1, -0.05) is 109 Å². The van der Waals surface area contributed by atoms with E-state index in [9.17, 15) is 10.1 Å². The van der Waals surface area contributed by atoms with Gasteiger partial charge in [-0.25, -0.2) is 0 Å². The summed E-state index contributed by atoms with van der Waals surface area (Å²) < 4.78 is 0. The van der Waals surface area contributed by atoms with Gasteiger partial charge in [-0.3, -0.25) is 10.1 Å². The topological polar surface area (TPSA) is 43.1 Å². The molecular weight excluding hydrogens is 454 g/mol. The lowest BCUT2D eigenvalue weighted by atomic mass is 9.89. The fraction of sp³-hybridized carbons (Fsp3) is 0. The second kappa shape index (κ2) is 8.28. The second-order valence-electron chi connectivity index (χ2n) is 9.33. The zero-order valence-corrected chi connectivity index (χ0v) is 19.9. The molecule has 0 aliphatic carbocycles. The molecule has 0 radical (unpaired) electrons. The van der Waals surface area contributed by atoms with Crippen molar-refractivity contribution in [2.24, 2.45) is 0 Å². The molecule has 0 saturated heterocycles. The van der Waals surface area contributed by atoms with Crippen molar-refractivity contribution >= 4 is 48.8 Å². The van der Waals surface area contributed by atoms with Crippen molar-refractivity contribution in [2.45, 2.75) is 0 Å². The molecule has 0 aliphatic heterocycles. The van der Waals surface area contributed by atoms with Crippen LogP contribution in [0.2, 0.25) is 0 Å². The molecule has 0 atom stereocenters. The van der Waals surface area contributed by atoms with E-state index in [0.29, 0.717) is 5.56 Å². The summed E-state index contributed by atoms with van der Waals surface area (Å²) in [6.07, 6.45) is 0. The van der Waals surface area contributed by atoms with E-state index in [1.807, 2.05) is 30.3 Å². The van der Waals surface area contributed by atoms with Crippen molar-refractivity contribution in [2.75, 3.05) is 0 Å². The van der Waals surface area contributed by atoms with Gasteiger partial charge in [-0.05, 0) is 71.9 Å². The van der Waals surface area contributed by atoms with Crippen LogP contribution in [0.4, 0.5) is 5.69 Å². The van der Waals surface area contributed by atoms with Gasteiger partial charge in [-0.15, -0.1) is 0 Å². The monoisotopic (exact) mass is 475 g/mol. The van der Waals surface area contributed by atoms with Gasteiger partial charge in [0.25, 0.3) is 5.69 Å². The molecule has 0 saturated carbocycles. The summed E-state index contributed by atoms with van der Waals surface area (Å²) in [4.78, 5) is 11.4. The third kappa shape index (κ3) is 3.29. The summed E-state index contributed by atoms with van der Waals surface area (Å²) in [6, 6.07) is 43.1. The predicted molar refractivity (Wildman–Crippen MR) is 154 cm³/mol. The quantitative estimate of drug-likeness (QED) is 0.145. The molecule has 0 unspecified atom stereocenters. The zero-order valence-electron chi connectivity index (χ0n) is 19.9. The maximum absolute atomic E-state index is 11.7. The summed E-state index contributed by atoms with van der Waals surface area (Å²) in [5, 5.41) is 21.3. The first-order valence-corrected chi connectivity index (χ1v) is 12.3. The van der Waals surface area contributed by atoms with Crippen LogP contribution in [-0.4, -0.2) is 4.92 Å². The van der Waals surface area contributed by atoms with Crippen LogP contribution in [0.15, 0.2) is 127 Å². The van der Waals surface area contributed by atoms with Crippen LogP contribution in [0, 0.1) is 10.1 Å². The number of nitrogens with zero attached hydrogens (tertiary/aromatic N) is 1. The van der Waals surface area contributed by atoms with E-state index >= 15 is 0 Å². The maximum atomic E-state index is 11.7. The van der Waals surface area contributed by atoms with Gasteiger partial charge in [0.2, 0.25) is 0 Å². The van der Waals surface area contributed by atoms with E-state index < -0.39 is 0 Å². The van der Waals surface area contributed by atoms with Crippen LogP contribution in [0.3, 0.4) is 0 Å². The highest BCUT2D eigenvalue weighted by molar-refractivity contribution is 6.26. The molecule has 7 aromatic rings. The molecule has 0 N–H and O–H groups in total. The van der Waals surface area contributed by atoms with Crippen molar-refractivity contribution in [3.63, 3.8) is 0 Å². The Morgan fingerprint density at radius 1 is 0.405 bits per heavy atom. The summed E-state index contributed by atoms with van der Waals surface area (Å²) in [5.74, 6) is 0. The number of nitro benzene ring substituents is 1. The minimum atomic E-state index is -0.309. The number of hydrogen-bond acceptors (Lipinski definition) is 2. The van der Waals surface area contributed by atoms with Crippen molar-refractivity contribution in [3.8, 4) is 22.3 Å². The maximum Gasteiger partial charge on any atom is 0.277 e. The molecule has 3 heteroatoms. The average molecular weight is 476 g/mol. The van der Waals surface area contributed by atoms with Crippen molar-refractivity contribution < 1.29 is 4.92 Å². The average Bonchev–Trinajstić information content (AvgIpc) is 2.96. The number of para-hydroxylation sites is 1. The van der Waals surface area contributed by atoms with Crippen LogP contribution >= 0.6 is 0 Å². The molecule has 7 rings (SSSR count). The van der Waals surface area contributed by atoms with Crippen LogP contribution in [0.25, 0.3) is 65.3 Å². The molecule has 0 fully saturated rings. The first-order chi connectivity index (χ1) is 18.2. The SMILES string of the molecule is O=[N+]([O-])c1ccccc1-c1ccc(-c2ccc3c4ccccc4c4ccccc4c3c2)c2ccccc12. The number of rotatable bonds is 3. The lowest BCUT2D eigenvalue weighted by Gasteiger charge is -2.15. The van der Waals surface area contributed by atoms with Crippen molar-refractivity contribution in [1.82, 2.24) is 0 Å². The molecule has 7 aromatic carbocycles. The van der Waals surface area contributed by atoms with E-state index in [4.69, 9.17) is 0 Å². The van der Waals surface area contributed by atoms with Crippen LogP contribution in [-0.2, 0) is 0 Å². The number of benzene rings is 7. The predicted octanol–water partition coefficient (Wildman–Crippen LogP) is 9.54. The molecular formula is C34H21NO2. The van der Waals surface area contributed by atoms with Gasteiger partial charge in [-0.2, -0.15) is 0 Å². The fourth-order valence-corrected chi connectivity index (χ4v) is 5.72. The molecule has 3 nitrogen and oxygen atoms in total. The van der Waals surface area contributed by atoms with E-state index in [2.05, 4.69) is 84.9 Å². The Hall–Kier alpha value is -5.02. The summed E-state index contributed by atoms with van der Waals surface area (Å²) >= 11 is 0. The highest BCUT2D eigenvalue weighted by Crippen LogP contribution is 2.41.